The number of ether oxygens (including phenoxy) is 1. The van der Waals surface area contributed by atoms with E-state index in [-0.39, 0.29) is 11.4 Å². The van der Waals surface area contributed by atoms with E-state index in [0.29, 0.717) is 6.42 Å². The number of carbonyl (C=O) groups excluding carboxylic acids is 1. The third-order valence-electron chi connectivity index (χ3n) is 5.30. The first-order chi connectivity index (χ1) is 14.9. The zero-order valence-corrected chi connectivity index (χ0v) is 20.2. The van der Waals surface area contributed by atoms with Crippen LogP contribution in [-0.4, -0.2) is 53.3 Å². The summed E-state index contributed by atoms with van der Waals surface area (Å²) in [4.78, 5) is 23.8. The van der Waals surface area contributed by atoms with Crippen molar-refractivity contribution in [2.75, 3.05) is 13.6 Å². The number of rotatable bonds is 7. The first kappa shape index (κ1) is 23.9. The second-order valence-corrected chi connectivity index (χ2v) is 11.1. The zero-order valence-electron chi connectivity index (χ0n) is 19.3. The minimum Gasteiger partial charge on any atom is -0.461 e. The SMILES string of the molecule is CC(=O)OC(CN(C)S(=O)(=O)c1ccc(Cc2nccc3[nH]c(C)nc23)cc1)C(C)(C)C. The molecule has 3 aromatic rings. The van der Waals surface area contributed by atoms with E-state index in [2.05, 4.69) is 15.0 Å². The van der Waals surface area contributed by atoms with Crippen molar-refractivity contribution in [1.29, 1.82) is 0 Å². The van der Waals surface area contributed by atoms with Crippen molar-refractivity contribution >= 4 is 27.0 Å². The molecule has 0 spiro atoms. The van der Waals surface area contributed by atoms with E-state index in [4.69, 9.17) is 4.74 Å². The number of pyridine rings is 1. The molecule has 0 saturated heterocycles. The lowest BCUT2D eigenvalue weighted by atomic mass is 9.89. The Balaban J connectivity index is 1.78. The molecule has 0 radical (unpaired) electrons. The molecule has 172 valence electrons. The van der Waals surface area contributed by atoms with Crippen molar-refractivity contribution < 1.29 is 17.9 Å². The number of carbonyl (C=O) groups is 1. The van der Waals surface area contributed by atoms with Crippen LogP contribution in [0.25, 0.3) is 11.0 Å². The maximum atomic E-state index is 13.1. The van der Waals surface area contributed by atoms with Crippen molar-refractivity contribution in [3.05, 3.63) is 53.6 Å². The molecule has 0 bridgehead atoms. The van der Waals surface area contributed by atoms with Gasteiger partial charge in [-0.2, -0.15) is 4.31 Å². The van der Waals surface area contributed by atoms with Crippen molar-refractivity contribution in [3.63, 3.8) is 0 Å². The summed E-state index contributed by atoms with van der Waals surface area (Å²) in [6.07, 6.45) is 1.71. The molecule has 0 saturated carbocycles. The van der Waals surface area contributed by atoms with Crippen LogP contribution >= 0.6 is 0 Å². The summed E-state index contributed by atoms with van der Waals surface area (Å²) < 4.78 is 32.8. The minimum absolute atomic E-state index is 0.0671. The Hall–Kier alpha value is -2.78. The van der Waals surface area contributed by atoms with Crippen LogP contribution in [0, 0.1) is 12.3 Å². The number of likely N-dealkylation sites (N-methyl/N-ethyl adjacent to an activating group) is 1. The highest BCUT2D eigenvalue weighted by atomic mass is 32.2. The number of fused-ring (bicyclic) bond motifs is 1. The summed E-state index contributed by atoms with van der Waals surface area (Å²) in [6, 6.07) is 8.64. The van der Waals surface area contributed by atoms with Crippen molar-refractivity contribution in [2.45, 2.75) is 52.0 Å². The smallest absolute Gasteiger partial charge is 0.302 e. The highest BCUT2D eigenvalue weighted by Crippen LogP contribution is 2.26. The number of sulfonamides is 1. The van der Waals surface area contributed by atoms with E-state index in [1.807, 2.05) is 33.8 Å². The van der Waals surface area contributed by atoms with Gasteiger partial charge in [-0.1, -0.05) is 32.9 Å². The van der Waals surface area contributed by atoms with Gasteiger partial charge < -0.3 is 9.72 Å². The van der Waals surface area contributed by atoms with E-state index in [9.17, 15) is 13.2 Å². The fraction of sp³-hybridized carbons (Fsp3) is 0.435. The van der Waals surface area contributed by atoms with Crippen LogP contribution in [-0.2, 0) is 26.0 Å². The predicted octanol–water partition coefficient (Wildman–Crippen LogP) is 3.46. The Kier molecular flexibility index (Phi) is 6.71. The highest BCUT2D eigenvalue weighted by molar-refractivity contribution is 7.89. The first-order valence-electron chi connectivity index (χ1n) is 10.4. The molecule has 0 fully saturated rings. The molecule has 1 atom stereocenters. The summed E-state index contributed by atoms with van der Waals surface area (Å²) in [5.41, 5.74) is 3.10. The van der Waals surface area contributed by atoms with E-state index in [0.717, 1.165) is 28.1 Å². The topological polar surface area (TPSA) is 105 Å². The predicted molar refractivity (Wildman–Crippen MR) is 123 cm³/mol. The Morgan fingerprint density at radius 3 is 2.44 bits per heavy atom. The van der Waals surface area contributed by atoms with E-state index in [1.165, 1.54) is 18.3 Å². The molecular weight excluding hydrogens is 428 g/mol. The Morgan fingerprint density at radius 2 is 1.84 bits per heavy atom. The van der Waals surface area contributed by atoms with Crippen LogP contribution < -0.4 is 0 Å². The zero-order chi connectivity index (χ0) is 23.7. The second-order valence-electron chi connectivity index (χ2n) is 9.05. The number of aryl methyl sites for hydroxylation is 1. The van der Waals surface area contributed by atoms with Gasteiger partial charge in [0.25, 0.3) is 0 Å². The largest absolute Gasteiger partial charge is 0.461 e. The van der Waals surface area contributed by atoms with E-state index in [1.54, 1.807) is 30.5 Å². The summed E-state index contributed by atoms with van der Waals surface area (Å²) in [6.45, 7) is 9.01. The van der Waals surface area contributed by atoms with E-state index >= 15 is 0 Å². The number of nitrogens with one attached hydrogen (secondary N) is 1. The van der Waals surface area contributed by atoms with Gasteiger partial charge in [0.2, 0.25) is 10.0 Å². The van der Waals surface area contributed by atoms with Gasteiger partial charge in [0.15, 0.2) is 0 Å². The molecule has 32 heavy (non-hydrogen) atoms. The molecular formula is C23H30N4O4S. The lowest BCUT2D eigenvalue weighted by molar-refractivity contribution is -0.152. The van der Waals surface area contributed by atoms with Crippen LogP contribution in [0.2, 0.25) is 0 Å². The van der Waals surface area contributed by atoms with Crippen LogP contribution in [0.5, 0.6) is 0 Å². The van der Waals surface area contributed by atoms with Gasteiger partial charge in [-0.05, 0) is 30.7 Å². The second kappa shape index (κ2) is 8.99. The maximum Gasteiger partial charge on any atom is 0.302 e. The fourth-order valence-electron chi connectivity index (χ4n) is 3.42. The Bertz CT molecular complexity index is 1210. The maximum absolute atomic E-state index is 13.1. The summed E-state index contributed by atoms with van der Waals surface area (Å²) in [5, 5.41) is 0. The Labute approximate surface area is 189 Å². The van der Waals surface area contributed by atoms with Gasteiger partial charge >= 0.3 is 5.97 Å². The molecule has 2 aromatic heterocycles. The third-order valence-corrected chi connectivity index (χ3v) is 7.13. The molecule has 8 nitrogen and oxygen atoms in total. The van der Waals surface area contributed by atoms with Gasteiger partial charge in [-0.3, -0.25) is 9.78 Å². The number of benzene rings is 1. The fourth-order valence-corrected chi connectivity index (χ4v) is 4.59. The minimum atomic E-state index is -3.74. The molecule has 0 aliphatic heterocycles. The molecule has 9 heteroatoms. The number of esters is 1. The van der Waals surface area contributed by atoms with Gasteiger partial charge in [-0.15, -0.1) is 0 Å². The number of hydrogen-bond donors (Lipinski definition) is 1. The lowest BCUT2D eigenvalue weighted by Gasteiger charge is -2.32. The average Bonchev–Trinajstić information content (AvgIpc) is 3.08. The van der Waals surface area contributed by atoms with Crippen LogP contribution in [0.1, 0.15) is 44.8 Å². The molecule has 3 rings (SSSR count). The Morgan fingerprint density at radius 1 is 1.19 bits per heavy atom. The van der Waals surface area contributed by atoms with E-state index < -0.39 is 27.5 Å². The van der Waals surface area contributed by atoms with Crippen molar-refractivity contribution in [1.82, 2.24) is 19.3 Å². The normalized spacial score (nSPS) is 13.5. The summed E-state index contributed by atoms with van der Waals surface area (Å²) >= 11 is 0. The first-order valence-corrected chi connectivity index (χ1v) is 11.8. The van der Waals surface area contributed by atoms with Crippen LogP contribution in [0.15, 0.2) is 41.4 Å². The molecule has 0 aliphatic rings. The van der Waals surface area contributed by atoms with Crippen molar-refractivity contribution in [3.8, 4) is 0 Å². The number of aromatic amines is 1. The standard InChI is InChI=1S/C23H30N4O4S/c1-15-25-19-11-12-24-20(22(19)26-15)13-17-7-9-18(10-8-17)32(29,30)27(6)14-21(23(3,4)5)31-16(2)28/h7-12,21H,13-14H2,1-6H3,(H,25,26). The number of imidazole rings is 1. The molecule has 0 amide bonds. The number of H-pyrrole nitrogens is 1. The quantitative estimate of drug-likeness (QED) is 0.544. The third kappa shape index (κ3) is 5.34. The highest BCUT2D eigenvalue weighted by Gasteiger charge is 2.32. The van der Waals surface area contributed by atoms with Gasteiger partial charge in [0.05, 0.1) is 22.7 Å². The lowest BCUT2D eigenvalue weighted by Crippen LogP contribution is -2.42. The molecule has 1 unspecified atom stereocenters. The molecule has 0 aliphatic carbocycles. The molecule has 2 heterocycles. The van der Waals surface area contributed by atoms with Gasteiger partial charge in [-0.25, -0.2) is 13.4 Å². The summed E-state index contributed by atoms with van der Waals surface area (Å²) in [7, 11) is -2.25. The molecule has 1 N–H and O–H groups in total. The number of nitrogens with zero attached hydrogens (tertiary/aromatic N) is 3. The summed E-state index contributed by atoms with van der Waals surface area (Å²) in [5.74, 6) is 0.386. The van der Waals surface area contributed by atoms with Gasteiger partial charge in [0.1, 0.15) is 17.4 Å². The van der Waals surface area contributed by atoms with Crippen LogP contribution in [0.3, 0.4) is 0 Å². The average molecular weight is 459 g/mol. The molecule has 1 aromatic carbocycles. The monoisotopic (exact) mass is 458 g/mol. The number of aromatic nitrogens is 3. The van der Waals surface area contributed by atoms with Gasteiger partial charge in [0, 0.05) is 32.0 Å². The number of hydrogen-bond acceptors (Lipinski definition) is 6. The van der Waals surface area contributed by atoms with Crippen LogP contribution in [0.4, 0.5) is 0 Å². The van der Waals surface area contributed by atoms with Crippen molar-refractivity contribution in [2.24, 2.45) is 5.41 Å².